The molecule has 7 heteroatoms. The number of likely N-dealkylation sites (tertiary alicyclic amines) is 1. The molecule has 27 heavy (non-hydrogen) atoms. The van der Waals surface area contributed by atoms with E-state index in [1.165, 1.54) is 6.33 Å². The molecule has 2 N–H and O–H groups in total. The molecule has 7 nitrogen and oxygen atoms in total. The number of benzene rings is 1. The Labute approximate surface area is 156 Å². The van der Waals surface area contributed by atoms with Crippen molar-refractivity contribution in [1.29, 1.82) is 0 Å². The minimum absolute atomic E-state index is 0.134. The van der Waals surface area contributed by atoms with Crippen molar-refractivity contribution in [2.24, 2.45) is 5.41 Å². The highest BCUT2D eigenvalue weighted by Crippen LogP contribution is 2.34. The van der Waals surface area contributed by atoms with Gasteiger partial charge in [-0.3, -0.25) is 4.79 Å². The third-order valence-corrected chi connectivity index (χ3v) is 5.41. The Kier molecular flexibility index (Phi) is 4.63. The number of hydrogen-bond acceptors (Lipinski definition) is 5. The number of rotatable bonds is 4. The van der Waals surface area contributed by atoms with Crippen molar-refractivity contribution in [3.8, 4) is 0 Å². The maximum Gasteiger partial charge on any atom is 0.255 e. The predicted molar refractivity (Wildman–Crippen MR) is 99.2 cm³/mol. The number of hydrogen-bond donors (Lipinski definition) is 2. The molecule has 1 aliphatic heterocycles. The SMILES string of the molecule is O=C(c1ccc2ncnn2c1)N1CC[C@@H](O)[C@@](CO)(Cc2ccccc2)C1. The van der Waals surface area contributed by atoms with Crippen LogP contribution in [0.2, 0.25) is 0 Å². The fraction of sp³-hybridized carbons (Fsp3) is 0.350. The maximum absolute atomic E-state index is 13.0. The third kappa shape index (κ3) is 3.31. The van der Waals surface area contributed by atoms with Crippen molar-refractivity contribution in [3.63, 3.8) is 0 Å². The van der Waals surface area contributed by atoms with Gasteiger partial charge in [0.2, 0.25) is 0 Å². The molecule has 3 aromatic rings. The van der Waals surface area contributed by atoms with Crippen LogP contribution in [0, 0.1) is 5.41 Å². The molecular weight excluding hydrogens is 344 g/mol. The Morgan fingerprint density at radius 1 is 1.22 bits per heavy atom. The van der Waals surface area contributed by atoms with E-state index in [2.05, 4.69) is 10.1 Å². The highest BCUT2D eigenvalue weighted by atomic mass is 16.3. The van der Waals surface area contributed by atoms with Crippen molar-refractivity contribution in [2.45, 2.75) is 18.9 Å². The first kappa shape index (κ1) is 17.6. The second-order valence-corrected chi connectivity index (χ2v) is 7.19. The van der Waals surface area contributed by atoms with E-state index in [9.17, 15) is 15.0 Å². The standard InChI is InChI=1S/C20H22N4O3/c25-13-20(10-15-4-2-1-3-5-15)12-23(9-8-17(20)26)19(27)16-6-7-18-21-14-22-24(18)11-16/h1-7,11,14,17,25-26H,8-10,12-13H2/t17-,20+/m1/s1. The van der Waals surface area contributed by atoms with Gasteiger partial charge in [0.15, 0.2) is 5.65 Å². The summed E-state index contributed by atoms with van der Waals surface area (Å²) < 4.78 is 1.56. The molecule has 0 radical (unpaired) electrons. The van der Waals surface area contributed by atoms with Crippen LogP contribution in [0.3, 0.4) is 0 Å². The lowest BCUT2D eigenvalue weighted by atomic mass is 9.73. The summed E-state index contributed by atoms with van der Waals surface area (Å²) in [7, 11) is 0. The number of aliphatic hydroxyl groups excluding tert-OH is 2. The number of fused-ring (bicyclic) bond motifs is 1. The highest BCUT2D eigenvalue weighted by Gasteiger charge is 2.43. The summed E-state index contributed by atoms with van der Waals surface area (Å²) in [6, 6.07) is 13.2. The predicted octanol–water partition coefficient (Wildman–Crippen LogP) is 1.16. The summed E-state index contributed by atoms with van der Waals surface area (Å²) in [5.74, 6) is -0.134. The Bertz CT molecular complexity index is 943. The van der Waals surface area contributed by atoms with Gasteiger partial charge in [-0.2, -0.15) is 5.10 Å². The number of pyridine rings is 1. The number of carbonyl (C=O) groups excluding carboxylic acids is 1. The first-order valence-corrected chi connectivity index (χ1v) is 9.03. The summed E-state index contributed by atoms with van der Waals surface area (Å²) in [5.41, 5.74) is 1.45. The molecule has 2 atom stereocenters. The van der Waals surface area contributed by atoms with Crippen LogP contribution in [-0.2, 0) is 6.42 Å². The first-order valence-electron chi connectivity index (χ1n) is 9.03. The molecule has 0 spiro atoms. The van der Waals surface area contributed by atoms with Gasteiger partial charge >= 0.3 is 0 Å². The molecule has 2 aromatic heterocycles. The minimum Gasteiger partial charge on any atom is -0.396 e. The summed E-state index contributed by atoms with van der Waals surface area (Å²) >= 11 is 0. The Hall–Kier alpha value is -2.77. The zero-order valence-electron chi connectivity index (χ0n) is 14.9. The summed E-state index contributed by atoms with van der Waals surface area (Å²) in [6.45, 7) is 0.564. The molecule has 4 rings (SSSR count). The quantitative estimate of drug-likeness (QED) is 0.723. The summed E-state index contributed by atoms with van der Waals surface area (Å²) in [4.78, 5) is 18.8. The Morgan fingerprint density at radius 2 is 2.04 bits per heavy atom. The van der Waals surface area contributed by atoms with Gasteiger partial charge in [-0.1, -0.05) is 30.3 Å². The molecular formula is C20H22N4O3. The molecule has 140 valence electrons. The van der Waals surface area contributed by atoms with Gasteiger partial charge in [0.1, 0.15) is 6.33 Å². The second kappa shape index (κ2) is 7.09. The van der Waals surface area contributed by atoms with Crippen LogP contribution >= 0.6 is 0 Å². The lowest BCUT2D eigenvalue weighted by molar-refractivity contribution is -0.0668. The zero-order valence-corrected chi connectivity index (χ0v) is 14.9. The van der Waals surface area contributed by atoms with Crippen molar-refractivity contribution in [3.05, 3.63) is 66.1 Å². The molecule has 1 aliphatic rings. The Morgan fingerprint density at radius 3 is 2.81 bits per heavy atom. The van der Waals surface area contributed by atoms with E-state index in [1.807, 2.05) is 30.3 Å². The van der Waals surface area contributed by atoms with Gasteiger partial charge in [0, 0.05) is 24.7 Å². The van der Waals surface area contributed by atoms with Crippen LogP contribution < -0.4 is 0 Å². The van der Waals surface area contributed by atoms with E-state index in [4.69, 9.17) is 0 Å². The topological polar surface area (TPSA) is 91.0 Å². The number of nitrogens with zero attached hydrogens (tertiary/aromatic N) is 4. The largest absolute Gasteiger partial charge is 0.396 e. The van der Waals surface area contributed by atoms with Gasteiger partial charge in [0.05, 0.1) is 18.3 Å². The zero-order chi connectivity index (χ0) is 18.9. The van der Waals surface area contributed by atoms with Crippen LogP contribution in [0.4, 0.5) is 0 Å². The molecule has 1 aromatic carbocycles. The van der Waals surface area contributed by atoms with E-state index in [0.29, 0.717) is 37.1 Å². The number of amides is 1. The lowest BCUT2D eigenvalue weighted by Crippen LogP contribution is -2.56. The average molecular weight is 366 g/mol. The van der Waals surface area contributed by atoms with Crippen molar-refractivity contribution >= 4 is 11.6 Å². The monoisotopic (exact) mass is 366 g/mol. The van der Waals surface area contributed by atoms with Crippen LogP contribution in [-0.4, -0.2) is 61.4 Å². The van der Waals surface area contributed by atoms with Gasteiger partial charge in [-0.25, -0.2) is 9.50 Å². The lowest BCUT2D eigenvalue weighted by Gasteiger charge is -2.45. The second-order valence-electron chi connectivity index (χ2n) is 7.19. The summed E-state index contributed by atoms with van der Waals surface area (Å²) in [6.07, 6.45) is 3.39. The number of aliphatic hydroxyl groups is 2. The van der Waals surface area contributed by atoms with Gasteiger partial charge in [0.25, 0.3) is 5.91 Å². The Balaban J connectivity index is 1.59. The minimum atomic E-state index is -0.771. The highest BCUT2D eigenvalue weighted by molar-refractivity contribution is 5.94. The van der Waals surface area contributed by atoms with E-state index in [-0.39, 0.29) is 12.5 Å². The molecule has 3 heterocycles. The molecule has 0 saturated carbocycles. The van der Waals surface area contributed by atoms with Gasteiger partial charge in [-0.05, 0) is 30.5 Å². The first-order chi connectivity index (χ1) is 13.1. The molecule has 0 bridgehead atoms. The molecule has 1 amide bonds. The fourth-order valence-electron chi connectivity index (χ4n) is 3.84. The number of aromatic nitrogens is 3. The van der Waals surface area contributed by atoms with Crippen molar-refractivity contribution < 1.29 is 15.0 Å². The maximum atomic E-state index is 13.0. The molecule has 0 unspecified atom stereocenters. The van der Waals surface area contributed by atoms with E-state index in [1.54, 1.807) is 27.7 Å². The smallest absolute Gasteiger partial charge is 0.255 e. The van der Waals surface area contributed by atoms with Crippen LogP contribution in [0.25, 0.3) is 5.65 Å². The molecule has 1 saturated heterocycles. The van der Waals surface area contributed by atoms with E-state index in [0.717, 1.165) is 5.56 Å². The van der Waals surface area contributed by atoms with Crippen LogP contribution in [0.1, 0.15) is 22.3 Å². The van der Waals surface area contributed by atoms with Gasteiger partial charge < -0.3 is 15.1 Å². The number of piperidine rings is 1. The normalized spacial score (nSPS) is 22.9. The van der Waals surface area contributed by atoms with Crippen LogP contribution in [0.5, 0.6) is 0 Å². The van der Waals surface area contributed by atoms with Crippen molar-refractivity contribution in [2.75, 3.05) is 19.7 Å². The van der Waals surface area contributed by atoms with E-state index < -0.39 is 11.5 Å². The van der Waals surface area contributed by atoms with Crippen molar-refractivity contribution in [1.82, 2.24) is 19.5 Å². The average Bonchev–Trinajstić information content (AvgIpc) is 3.18. The summed E-state index contributed by atoms with van der Waals surface area (Å²) in [5, 5.41) is 24.9. The van der Waals surface area contributed by atoms with Gasteiger partial charge in [-0.15, -0.1) is 0 Å². The third-order valence-electron chi connectivity index (χ3n) is 5.41. The van der Waals surface area contributed by atoms with Crippen LogP contribution in [0.15, 0.2) is 55.0 Å². The fourth-order valence-corrected chi connectivity index (χ4v) is 3.84. The number of carbonyl (C=O) groups is 1. The van der Waals surface area contributed by atoms with E-state index >= 15 is 0 Å². The molecule has 1 fully saturated rings. The molecule has 0 aliphatic carbocycles.